The van der Waals surface area contributed by atoms with Gasteiger partial charge in [-0.25, -0.2) is 9.18 Å². The predicted octanol–water partition coefficient (Wildman–Crippen LogP) is 4.11. The summed E-state index contributed by atoms with van der Waals surface area (Å²) in [7, 11) is 1.60. The van der Waals surface area contributed by atoms with Gasteiger partial charge < -0.3 is 10.2 Å². The predicted molar refractivity (Wildman–Crippen MR) is 120 cm³/mol. The third kappa shape index (κ3) is 4.38. The zero-order valence-corrected chi connectivity index (χ0v) is 19.4. The van der Waals surface area contributed by atoms with Gasteiger partial charge in [-0.3, -0.25) is 14.5 Å². The number of nitrogens with zero attached hydrogens (tertiary/aromatic N) is 2. The average Bonchev–Trinajstić information content (AvgIpc) is 2.96. The molecule has 2 atom stereocenters. The Hall–Kier alpha value is -3.22. The van der Waals surface area contributed by atoms with Crippen LogP contribution in [0.2, 0.25) is 0 Å². The minimum Gasteiger partial charge on any atom is -0.337 e. The highest BCUT2D eigenvalue weighted by molar-refractivity contribution is 6.09. The normalized spacial score (nSPS) is 19.7. The van der Waals surface area contributed by atoms with E-state index in [1.807, 2.05) is 24.3 Å². The van der Waals surface area contributed by atoms with Crippen LogP contribution in [0.1, 0.15) is 57.4 Å². The maximum Gasteiger partial charge on any atom is 0.325 e. The number of urea groups is 1. The van der Waals surface area contributed by atoms with Gasteiger partial charge in [0.1, 0.15) is 17.9 Å². The van der Waals surface area contributed by atoms with Crippen LogP contribution < -0.4 is 5.32 Å². The fourth-order valence-corrected chi connectivity index (χ4v) is 3.77. The molecule has 2 aromatic rings. The number of amides is 4. The van der Waals surface area contributed by atoms with Gasteiger partial charge in [0.25, 0.3) is 5.91 Å². The van der Waals surface area contributed by atoms with Crippen molar-refractivity contribution >= 4 is 17.8 Å². The molecule has 1 aliphatic rings. The Morgan fingerprint density at radius 1 is 1.09 bits per heavy atom. The lowest BCUT2D eigenvalue weighted by molar-refractivity contribution is -0.139. The van der Waals surface area contributed by atoms with Crippen LogP contribution in [0.25, 0.3) is 0 Å². The minimum absolute atomic E-state index is 0.0351. The van der Waals surface area contributed by atoms with Crippen molar-refractivity contribution in [2.24, 2.45) is 0 Å². The van der Waals surface area contributed by atoms with Crippen LogP contribution in [0, 0.1) is 5.82 Å². The number of carbonyl (C=O) groups is 3. The molecule has 1 heterocycles. The number of benzene rings is 2. The van der Waals surface area contributed by atoms with Crippen LogP contribution in [-0.4, -0.2) is 41.2 Å². The van der Waals surface area contributed by atoms with E-state index in [1.165, 1.54) is 17.0 Å². The summed E-state index contributed by atoms with van der Waals surface area (Å²) < 4.78 is 13.2. The van der Waals surface area contributed by atoms with Gasteiger partial charge in [-0.05, 0) is 48.1 Å². The molecular weight excluding hydrogens is 409 g/mol. The number of likely N-dealkylation sites (N-methyl/N-ethyl adjacent to an activating group) is 1. The Morgan fingerprint density at radius 3 is 2.19 bits per heavy atom. The van der Waals surface area contributed by atoms with Crippen LogP contribution >= 0.6 is 0 Å². The van der Waals surface area contributed by atoms with Crippen molar-refractivity contribution < 1.29 is 18.8 Å². The van der Waals surface area contributed by atoms with Gasteiger partial charge in [-0.15, -0.1) is 0 Å². The molecule has 32 heavy (non-hydrogen) atoms. The zero-order chi connectivity index (χ0) is 23.8. The van der Waals surface area contributed by atoms with Crippen molar-refractivity contribution in [3.8, 4) is 0 Å². The summed E-state index contributed by atoms with van der Waals surface area (Å²) in [6, 6.07) is 12.5. The Kier molecular flexibility index (Phi) is 6.13. The molecule has 1 aliphatic heterocycles. The van der Waals surface area contributed by atoms with E-state index < -0.39 is 23.4 Å². The van der Waals surface area contributed by atoms with E-state index in [0.29, 0.717) is 5.56 Å². The molecule has 1 fully saturated rings. The second kappa shape index (κ2) is 8.37. The maximum absolute atomic E-state index is 13.2. The van der Waals surface area contributed by atoms with E-state index >= 15 is 0 Å². The summed E-state index contributed by atoms with van der Waals surface area (Å²) in [4.78, 5) is 41.1. The number of hydrogen-bond acceptors (Lipinski definition) is 3. The van der Waals surface area contributed by atoms with Gasteiger partial charge in [-0.2, -0.15) is 0 Å². The molecule has 3 rings (SSSR count). The molecule has 170 valence electrons. The number of hydrogen-bond donors (Lipinski definition) is 1. The van der Waals surface area contributed by atoms with Gasteiger partial charge in [0.05, 0.1) is 6.04 Å². The third-order valence-electron chi connectivity index (χ3n) is 6.22. The van der Waals surface area contributed by atoms with Crippen molar-refractivity contribution in [1.29, 1.82) is 0 Å². The van der Waals surface area contributed by atoms with Gasteiger partial charge in [0.2, 0.25) is 5.91 Å². The summed E-state index contributed by atoms with van der Waals surface area (Å²) in [5.41, 5.74) is 1.25. The SMILES string of the molecule is CC(c1ccc(F)cc1)N(C)C(=O)CN1C(=O)NC(C)(c2ccc(C(C)(C)C)cc2)C1=O. The van der Waals surface area contributed by atoms with Crippen molar-refractivity contribution in [3.63, 3.8) is 0 Å². The lowest BCUT2D eigenvalue weighted by Gasteiger charge is -2.27. The fraction of sp³-hybridized carbons (Fsp3) is 0.400. The molecule has 0 radical (unpaired) electrons. The van der Waals surface area contributed by atoms with E-state index in [-0.39, 0.29) is 23.8 Å². The maximum atomic E-state index is 13.2. The van der Waals surface area contributed by atoms with E-state index in [2.05, 4.69) is 26.1 Å². The molecule has 6 nitrogen and oxygen atoms in total. The highest BCUT2D eigenvalue weighted by Gasteiger charge is 2.49. The van der Waals surface area contributed by atoms with Crippen LogP contribution in [0.5, 0.6) is 0 Å². The minimum atomic E-state index is -1.24. The summed E-state index contributed by atoms with van der Waals surface area (Å²) in [6.07, 6.45) is 0. The first-order valence-electron chi connectivity index (χ1n) is 10.6. The highest BCUT2D eigenvalue weighted by atomic mass is 19.1. The van der Waals surface area contributed by atoms with Gasteiger partial charge in [-0.1, -0.05) is 57.2 Å². The molecule has 0 aliphatic carbocycles. The van der Waals surface area contributed by atoms with Crippen LogP contribution in [-0.2, 0) is 20.5 Å². The Labute approximate surface area is 188 Å². The quantitative estimate of drug-likeness (QED) is 0.713. The van der Waals surface area contributed by atoms with E-state index in [1.54, 1.807) is 33.0 Å². The van der Waals surface area contributed by atoms with Crippen molar-refractivity contribution in [2.45, 2.75) is 51.6 Å². The van der Waals surface area contributed by atoms with Crippen molar-refractivity contribution in [3.05, 3.63) is 71.0 Å². The topological polar surface area (TPSA) is 69.7 Å². The highest BCUT2D eigenvalue weighted by Crippen LogP contribution is 2.31. The molecule has 1 N–H and O–H groups in total. The number of nitrogens with one attached hydrogen (secondary N) is 1. The monoisotopic (exact) mass is 439 g/mol. The van der Waals surface area contributed by atoms with E-state index in [0.717, 1.165) is 16.0 Å². The summed E-state index contributed by atoms with van der Waals surface area (Å²) in [6.45, 7) is 9.38. The molecule has 2 unspecified atom stereocenters. The molecule has 7 heteroatoms. The van der Waals surface area contributed by atoms with Gasteiger partial charge in [0, 0.05) is 7.05 Å². The standard InChI is InChI=1S/C25H30FN3O3/c1-16(17-7-13-20(26)14-8-17)28(6)21(30)15-29-22(31)25(5,27-23(29)32)19-11-9-18(10-12-19)24(2,3)4/h7-14,16H,15H2,1-6H3,(H,27,32). The zero-order valence-electron chi connectivity index (χ0n) is 19.4. The first-order valence-corrected chi connectivity index (χ1v) is 10.6. The van der Waals surface area contributed by atoms with Gasteiger partial charge in [0.15, 0.2) is 0 Å². The molecule has 0 spiro atoms. The Balaban J connectivity index is 1.75. The summed E-state index contributed by atoms with van der Waals surface area (Å²) in [5, 5.41) is 2.74. The molecule has 0 saturated carbocycles. The molecule has 4 amide bonds. The van der Waals surface area contributed by atoms with Crippen molar-refractivity contribution in [2.75, 3.05) is 13.6 Å². The van der Waals surface area contributed by atoms with Crippen molar-refractivity contribution in [1.82, 2.24) is 15.1 Å². The Bertz CT molecular complexity index is 1030. The molecule has 1 saturated heterocycles. The van der Waals surface area contributed by atoms with Crippen LogP contribution in [0.4, 0.5) is 9.18 Å². The first kappa shape index (κ1) is 23.4. The van der Waals surface area contributed by atoms with Crippen LogP contribution in [0.3, 0.4) is 0 Å². The third-order valence-corrected chi connectivity index (χ3v) is 6.22. The lowest BCUT2D eigenvalue weighted by Crippen LogP contribution is -2.44. The summed E-state index contributed by atoms with van der Waals surface area (Å²) >= 11 is 0. The molecule has 2 aromatic carbocycles. The van der Waals surface area contributed by atoms with E-state index in [4.69, 9.17) is 0 Å². The first-order chi connectivity index (χ1) is 14.8. The number of rotatable bonds is 5. The number of imide groups is 1. The second-order valence-electron chi connectivity index (χ2n) is 9.51. The number of carbonyl (C=O) groups excluding carboxylic acids is 3. The number of halogens is 1. The lowest BCUT2D eigenvalue weighted by atomic mass is 9.84. The van der Waals surface area contributed by atoms with Gasteiger partial charge >= 0.3 is 6.03 Å². The average molecular weight is 440 g/mol. The van der Waals surface area contributed by atoms with E-state index in [9.17, 15) is 18.8 Å². The summed E-state index contributed by atoms with van der Waals surface area (Å²) in [5.74, 6) is -1.22. The molecular formula is C25H30FN3O3. The smallest absolute Gasteiger partial charge is 0.325 e. The fourth-order valence-electron chi connectivity index (χ4n) is 3.77. The largest absolute Gasteiger partial charge is 0.337 e. The van der Waals surface area contributed by atoms with Crippen LogP contribution in [0.15, 0.2) is 48.5 Å². The Morgan fingerprint density at radius 2 is 1.66 bits per heavy atom. The molecule has 0 aromatic heterocycles. The second-order valence-corrected chi connectivity index (χ2v) is 9.51. The molecule has 0 bridgehead atoms.